The highest BCUT2D eigenvalue weighted by Gasteiger charge is 1.94. The highest BCUT2D eigenvalue weighted by atomic mass is 32.1. The Kier molecular flexibility index (Phi) is 2.19. The molecule has 1 radical (unpaired) electrons. The van der Waals surface area contributed by atoms with Crippen LogP contribution >= 0.6 is 11.3 Å². The first-order valence-corrected chi connectivity index (χ1v) is 3.62. The molecule has 0 unspecified atom stereocenters. The summed E-state index contributed by atoms with van der Waals surface area (Å²) in [4.78, 5) is 6.09. The van der Waals surface area contributed by atoms with Gasteiger partial charge in [0.25, 0.3) is 0 Å². The van der Waals surface area contributed by atoms with Gasteiger partial charge in [-0.2, -0.15) is 0 Å². The molecule has 0 saturated carbocycles. The Morgan fingerprint density at radius 1 is 1.78 bits per heavy atom. The van der Waals surface area contributed by atoms with Crippen molar-refractivity contribution < 1.29 is 0 Å². The van der Waals surface area contributed by atoms with Gasteiger partial charge in [0.15, 0.2) is 5.51 Å². The summed E-state index contributed by atoms with van der Waals surface area (Å²) in [5.74, 6) is 0. The lowest BCUT2D eigenvalue weighted by Crippen LogP contribution is -2.10. The molecule has 0 N–H and O–H groups in total. The van der Waals surface area contributed by atoms with E-state index >= 15 is 0 Å². The minimum atomic E-state index is 0.917. The second kappa shape index (κ2) is 2.94. The fraction of sp³-hybridized carbons (Fsp3) is 0.500. The lowest BCUT2D eigenvalue weighted by molar-refractivity contribution is 0.398. The van der Waals surface area contributed by atoms with E-state index in [1.165, 1.54) is 11.3 Å². The normalized spacial score (nSPS) is 10.6. The molecule has 1 aromatic heterocycles. The van der Waals surface area contributed by atoms with Crippen LogP contribution in [0, 0.1) is 5.51 Å². The second-order valence-electron chi connectivity index (χ2n) is 2.17. The zero-order chi connectivity index (χ0) is 6.69. The Labute approximate surface area is 59.1 Å². The summed E-state index contributed by atoms with van der Waals surface area (Å²) in [5.41, 5.74) is 3.90. The van der Waals surface area contributed by atoms with E-state index in [0.717, 1.165) is 12.2 Å². The topological polar surface area (TPSA) is 16.1 Å². The smallest absolute Gasteiger partial charge is 0.152 e. The van der Waals surface area contributed by atoms with Crippen LogP contribution in [0.5, 0.6) is 0 Å². The highest BCUT2D eigenvalue weighted by Crippen LogP contribution is 2.01. The van der Waals surface area contributed by atoms with E-state index in [1.807, 2.05) is 19.5 Å². The minimum absolute atomic E-state index is 0.917. The van der Waals surface area contributed by atoms with Gasteiger partial charge in [-0.25, -0.2) is 4.98 Å². The van der Waals surface area contributed by atoms with Crippen LogP contribution in [0.2, 0.25) is 0 Å². The number of hydrogen-bond donors (Lipinski definition) is 0. The Bertz CT molecular complexity index is 158. The first kappa shape index (κ1) is 6.71. The van der Waals surface area contributed by atoms with Crippen molar-refractivity contribution in [3.8, 4) is 0 Å². The summed E-state index contributed by atoms with van der Waals surface area (Å²) in [6.07, 6.45) is 0. The lowest BCUT2D eigenvalue weighted by Gasteiger charge is -2.04. The quantitative estimate of drug-likeness (QED) is 0.611. The maximum absolute atomic E-state index is 4.01. The molecule has 0 amide bonds. The third-order valence-electron chi connectivity index (χ3n) is 0.915. The molecule has 0 saturated heterocycles. The van der Waals surface area contributed by atoms with E-state index in [1.54, 1.807) is 0 Å². The molecule has 0 aliphatic rings. The monoisotopic (exact) mass is 141 g/mol. The van der Waals surface area contributed by atoms with Gasteiger partial charge in [-0.3, -0.25) is 0 Å². The fourth-order valence-corrected chi connectivity index (χ4v) is 1.09. The van der Waals surface area contributed by atoms with Gasteiger partial charge in [0, 0.05) is 11.9 Å². The van der Waals surface area contributed by atoms with Gasteiger partial charge < -0.3 is 4.90 Å². The van der Waals surface area contributed by atoms with Gasteiger partial charge >= 0.3 is 0 Å². The van der Waals surface area contributed by atoms with E-state index < -0.39 is 0 Å². The average molecular weight is 141 g/mol. The summed E-state index contributed by atoms with van der Waals surface area (Å²) in [7, 11) is 4.05. The average Bonchev–Trinajstić information content (AvgIpc) is 2.15. The number of hydrogen-bond acceptors (Lipinski definition) is 3. The Balaban J connectivity index is 2.48. The first-order chi connectivity index (χ1) is 4.29. The van der Waals surface area contributed by atoms with Crippen LogP contribution in [0.1, 0.15) is 5.69 Å². The number of nitrogens with zero attached hydrogens (tertiary/aromatic N) is 2. The SMILES string of the molecule is CN(C)Cc1cs[c]n1. The minimum Gasteiger partial charge on any atom is -0.304 e. The molecule has 0 aromatic carbocycles. The molecule has 1 heterocycles. The summed E-state index contributed by atoms with van der Waals surface area (Å²) in [5, 5.41) is 2.01. The predicted molar refractivity (Wildman–Crippen MR) is 38.3 cm³/mol. The largest absolute Gasteiger partial charge is 0.304 e. The van der Waals surface area contributed by atoms with Crippen molar-refractivity contribution in [1.82, 2.24) is 9.88 Å². The molecule has 0 bridgehead atoms. The third-order valence-corrected chi connectivity index (χ3v) is 1.50. The Morgan fingerprint density at radius 2 is 2.56 bits per heavy atom. The van der Waals surface area contributed by atoms with Gasteiger partial charge in [-0.15, -0.1) is 11.3 Å². The first-order valence-electron chi connectivity index (χ1n) is 2.74. The molecule has 0 spiro atoms. The molecular formula is C6H9N2S. The predicted octanol–water partition coefficient (Wildman–Crippen LogP) is 1.00. The van der Waals surface area contributed by atoms with Crippen LogP contribution in [0.15, 0.2) is 5.38 Å². The standard InChI is InChI=1S/C6H9N2S/c1-8(2)3-6-4-9-5-7-6/h4H,3H2,1-2H3. The van der Waals surface area contributed by atoms with Gasteiger partial charge in [0.05, 0.1) is 5.69 Å². The van der Waals surface area contributed by atoms with Crippen molar-refractivity contribution in [2.24, 2.45) is 0 Å². The van der Waals surface area contributed by atoms with Crippen LogP contribution in [0.3, 0.4) is 0 Å². The van der Waals surface area contributed by atoms with E-state index in [-0.39, 0.29) is 0 Å². The van der Waals surface area contributed by atoms with Crippen LogP contribution in [-0.4, -0.2) is 24.0 Å². The maximum Gasteiger partial charge on any atom is 0.152 e. The number of aromatic nitrogens is 1. The maximum atomic E-state index is 4.01. The molecule has 3 heteroatoms. The molecule has 2 nitrogen and oxygen atoms in total. The fourth-order valence-electron chi connectivity index (χ4n) is 0.602. The molecule has 0 aliphatic carbocycles. The van der Waals surface area contributed by atoms with E-state index in [0.29, 0.717) is 0 Å². The third kappa shape index (κ3) is 2.11. The van der Waals surface area contributed by atoms with E-state index in [4.69, 9.17) is 0 Å². The van der Waals surface area contributed by atoms with Crippen LogP contribution < -0.4 is 0 Å². The van der Waals surface area contributed by atoms with Gasteiger partial charge in [-0.05, 0) is 14.1 Å². The van der Waals surface area contributed by atoms with Crippen LogP contribution in [0.4, 0.5) is 0 Å². The summed E-state index contributed by atoms with van der Waals surface area (Å²) in [6, 6.07) is 0. The zero-order valence-corrected chi connectivity index (χ0v) is 6.40. The van der Waals surface area contributed by atoms with Crippen LogP contribution in [-0.2, 0) is 6.54 Å². The summed E-state index contributed by atoms with van der Waals surface area (Å²) in [6.45, 7) is 0.917. The molecule has 0 atom stereocenters. The van der Waals surface area contributed by atoms with Crippen LogP contribution in [0.25, 0.3) is 0 Å². The van der Waals surface area contributed by atoms with Gasteiger partial charge in [-0.1, -0.05) is 0 Å². The molecule has 1 rings (SSSR count). The van der Waals surface area contributed by atoms with Crippen molar-refractivity contribution in [3.05, 3.63) is 16.6 Å². The van der Waals surface area contributed by atoms with Crippen molar-refractivity contribution in [1.29, 1.82) is 0 Å². The van der Waals surface area contributed by atoms with Crippen molar-refractivity contribution in [3.63, 3.8) is 0 Å². The van der Waals surface area contributed by atoms with Crippen molar-refractivity contribution in [2.75, 3.05) is 14.1 Å². The van der Waals surface area contributed by atoms with Gasteiger partial charge in [0.2, 0.25) is 0 Å². The summed E-state index contributed by atoms with van der Waals surface area (Å²) >= 11 is 1.52. The molecule has 9 heavy (non-hydrogen) atoms. The second-order valence-corrected chi connectivity index (χ2v) is 2.82. The highest BCUT2D eigenvalue weighted by molar-refractivity contribution is 7.07. The Morgan fingerprint density at radius 3 is 3.00 bits per heavy atom. The molecule has 49 valence electrons. The zero-order valence-electron chi connectivity index (χ0n) is 5.59. The molecular weight excluding hydrogens is 132 g/mol. The number of rotatable bonds is 2. The number of thiazole rings is 1. The lowest BCUT2D eigenvalue weighted by atomic mass is 10.5. The summed E-state index contributed by atoms with van der Waals surface area (Å²) < 4.78 is 0. The van der Waals surface area contributed by atoms with Crippen molar-refractivity contribution >= 4 is 11.3 Å². The molecule has 1 aromatic rings. The van der Waals surface area contributed by atoms with Gasteiger partial charge in [0.1, 0.15) is 0 Å². The van der Waals surface area contributed by atoms with Crippen molar-refractivity contribution in [2.45, 2.75) is 6.54 Å². The van der Waals surface area contributed by atoms with E-state index in [9.17, 15) is 0 Å². The Hall–Kier alpha value is -0.410. The molecule has 0 aliphatic heterocycles. The van der Waals surface area contributed by atoms with E-state index in [2.05, 4.69) is 15.4 Å². The molecule has 0 fully saturated rings.